The van der Waals surface area contributed by atoms with E-state index in [2.05, 4.69) is 25.0 Å². The number of benzene rings is 1. The number of esters is 2. The predicted octanol–water partition coefficient (Wildman–Crippen LogP) is 0.372. The zero-order chi connectivity index (χ0) is 21.8. The average molecular weight is 412 g/mol. The highest BCUT2D eigenvalue weighted by molar-refractivity contribution is 5.96. The van der Waals surface area contributed by atoms with E-state index in [1.165, 1.54) is 20.3 Å². The van der Waals surface area contributed by atoms with Crippen molar-refractivity contribution in [3.05, 3.63) is 52.3 Å². The maximum Gasteiger partial charge on any atom is 0.356 e. The monoisotopic (exact) mass is 412 g/mol. The van der Waals surface area contributed by atoms with Crippen LogP contribution in [0.4, 0.5) is 5.95 Å². The van der Waals surface area contributed by atoms with Gasteiger partial charge in [0.25, 0.3) is 11.9 Å². The second-order valence-corrected chi connectivity index (χ2v) is 6.44. The normalized spacial score (nSPS) is 14.4. The maximum atomic E-state index is 12.8. The van der Waals surface area contributed by atoms with E-state index in [0.717, 1.165) is 11.1 Å². The third-order valence-corrected chi connectivity index (χ3v) is 4.52. The van der Waals surface area contributed by atoms with Gasteiger partial charge in [-0.3, -0.25) is 4.79 Å². The van der Waals surface area contributed by atoms with E-state index in [-0.39, 0.29) is 29.3 Å². The van der Waals surface area contributed by atoms with E-state index in [1.54, 1.807) is 18.2 Å². The Balaban J connectivity index is 1.86. The molecule has 1 aliphatic carbocycles. The molecule has 11 heteroatoms. The molecule has 2 aromatic rings. The second-order valence-electron chi connectivity index (χ2n) is 6.44. The molecule has 1 heterocycles. The number of nitrogens with one attached hydrogen (secondary N) is 1. The first-order valence-electron chi connectivity index (χ1n) is 8.91. The summed E-state index contributed by atoms with van der Waals surface area (Å²) >= 11 is 0. The van der Waals surface area contributed by atoms with E-state index in [9.17, 15) is 14.4 Å². The molecule has 0 radical (unpaired) electrons. The number of fused-ring (bicyclic) bond motifs is 1. The minimum Gasteiger partial charge on any atom is -0.465 e. The molecule has 30 heavy (non-hydrogen) atoms. The lowest BCUT2D eigenvalue weighted by Crippen LogP contribution is -2.28. The minimum absolute atomic E-state index is 0.0926. The molecule has 1 aromatic carbocycles. The van der Waals surface area contributed by atoms with E-state index in [0.29, 0.717) is 18.4 Å². The van der Waals surface area contributed by atoms with E-state index in [1.807, 2.05) is 0 Å². The molecule has 0 saturated heterocycles. The summed E-state index contributed by atoms with van der Waals surface area (Å²) in [6.07, 6.45) is 1.32. The van der Waals surface area contributed by atoms with E-state index >= 15 is 0 Å². The first-order chi connectivity index (χ1) is 14.3. The summed E-state index contributed by atoms with van der Waals surface area (Å²) in [7, 11) is 2.50. The quantitative estimate of drug-likeness (QED) is 0.356. The van der Waals surface area contributed by atoms with Crippen molar-refractivity contribution in [2.45, 2.75) is 18.9 Å². The van der Waals surface area contributed by atoms with E-state index in [4.69, 9.17) is 16.2 Å². The van der Waals surface area contributed by atoms with Gasteiger partial charge in [-0.2, -0.15) is 4.99 Å². The summed E-state index contributed by atoms with van der Waals surface area (Å²) in [5, 5.41) is 2.87. The number of rotatable bonds is 5. The largest absolute Gasteiger partial charge is 0.465 e. The maximum absolute atomic E-state index is 12.8. The fourth-order valence-corrected chi connectivity index (χ4v) is 3.17. The molecule has 1 amide bonds. The van der Waals surface area contributed by atoms with Crippen LogP contribution in [0.25, 0.3) is 0 Å². The molecule has 11 nitrogen and oxygen atoms in total. The third kappa shape index (κ3) is 4.35. The summed E-state index contributed by atoms with van der Waals surface area (Å²) < 4.78 is 9.38. The molecule has 0 fully saturated rings. The fraction of sp³-hybridized carbons (Fsp3) is 0.263. The van der Waals surface area contributed by atoms with Crippen molar-refractivity contribution < 1.29 is 23.9 Å². The molecule has 5 N–H and O–H groups in total. The van der Waals surface area contributed by atoms with Crippen molar-refractivity contribution >= 4 is 29.8 Å². The number of aromatic nitrogens is 2. The van der Waals surface area contributed by atoms with E-state index < -0.39 is 17.8 Å². The van der Waals surface area contributed by atoms with Gasteiger partial charge in [0.1, 0.15) is 5.69 Å². The number of nitrogens with two attached hydrogens (primary N) is 2. The Hall–Kier alpha value is -4.02. The number of hydrogen-bond donors (Lipinski definition) is 3. The van der Waals surface area contributed by atoms with Gasteiger partial charge in [-0.25, -0.2) is 19.6 Å². The molecule has 1 atom stereocenters. The first-order valence-corrected chi connectivity index (χ1v) is 8.91. The van der Waals surface area contributed by atoms with Gasteiger partial charge in [-0.15, -0.1) is 0 Å². The Morgan fingerprint density at radius 2 is 1.77 bits per heavy atom. The van der Waals surface area contributed by atoms with Crippen LogP contribution < -0.4 is 16.8 Å². The van der Waals surface area contributed by atoms with Crippen LogP contribution >= 0.6 is 0 Å². The van der Waals surface area contributed by atoms with Gasteiger partial charge in [0.15, 0.2) is 11.7 Å². The van der Waals surface area contributed by atoms with Gasteiger partial charge < -0.3 is 26.3 Å². The Labute approximate surface area is 171 Å². The van der Waals surface area contributed by atoms with Gasteiger partial charge in [-0.05, 0) is 36.1 Å². The summed E-state index contributed by atoms with van der Waals surface area (Å²) in [6.45, 7) is 0. The van der Waals surface area contributed by atoms with Crippen molar-refractivity contribution in [3.8, 4) is 0 Å². The van der Waals surface area contributed by atoms with Crippen LogP contribution in [0.2, 0.25) is 0 Å². The second kappa shape index (κ2) is 8.55. The van der Waals surface area contributed by atoms with Crippen molar-refractivity contribution in [1.82, 2.24) is 15.3 Å². The van der Waals surface area contributed by atoms with Gasteiger partial charge >= 0.3 is 11.9 Å². The lowest BCUT2D eigenvalue weighted by Gasteiger charge is -2.14. The van der Waals surface area contributed by atoms with Gasteiger partial charge in [0.05, 0.1) is 25.8 Å². The van der Waals surface area contributed by atoms with Crippen LogP contribution in [0.1, 0.15) is 54.9 Å². The third-order valence-electron chi connectivity index (χ3n) is 4.52. The number of guanidine groups is 1. The molecule has 1 aromatic heterocycles. The van der Waals surface area contributed by atoms with Crippen molar-refractivity contribution in [3.63, 3.8) is 0 Å². The number of nitrogens with zero attached hydrogens (tertiary/aromatic N) is 3. The summed E-state index contributed by atoms with van der Waals surface area (Å²) in [4.78, 5) is 47.9. The molecule has 0 aliphatic heterocycles. The Morgan fingerprint density at radius 1 is 1.07 bits per heavy atom. The highest BCUT2D eigenvalue weighted by Gasteiger charge is 2.26. The van der Waals surface area contributed by atoms with Gasteiger partial charge in [0, 0.05) is 6.07 Å². The smallest absolute Gasteiger partial charge is 0.356 e. The van der Waals surface area contributed by atoms with Crippen LogP contribution in [0.5, 0.6) is 0 Å². The number of amides is 1. The fourth-order valence-electron chi connectivity index (χ4n) is 3.17. The van der Waals surface area contributed by atoms with Gasteiger partial charge in [-0.1, -0.05) is 6.07 Å². The molecule has 0 bridgehead atoms. The van der Waals surface area contributed by atoms with Crippen LogP contribution in [-0.4, -0.2) is 48.0 Å². The summed E-state index contributed by atoms with van der Waals surface area (Å²) in [6, 6.07) is 6.09. The molecule has 0 unspecified atom stereocenters. The van der Waals surface area contributed by atoms with Crippen LogP contribution in [-0.2, 0) is 15.9 Å². The van der Waals surface area contributed by atoms with Crippen molar-refractivity contribution in [2.75, 3.05) is 14.2 Å². The Bertz CT molecular complexity index is 1050. The van der Waals surface area contributed by atoms with Crippen LogP contribution in [0.15, 0.2) is 29.3 Å². The van der Waals surface area contributed by atoms with Crippen LogP contribution in [0.3, 0.4) is 0 Å². The number of carbonyl (C=O) groups is 3. The number of carbonyl (C=O) groups excluding carboxylic acids is 3. The molecule has 3 rings (SSSR count). The molecular weight excluding hydrogens is 392 g/mol. The molecule has 0 saturated carbocycles. The number of methoxy groups -OCH3 is 2. The van der Waals surface area contributed by atoms with Gasteiger partial charge in [0.2, 0.25) is 0 Å². The zero-order valence-corrected chi connectivity index (χ0v) is 16.3. The Morgan fingerprint density at radius 3 is 2.43 bits per heavy atom. The lowest BCUT2D eigenvalue weighted by atomic mass is 10.0. The predicted molar refractivity (Wildman–Crippen MR) is 105 cm³/mol. The standard InChI is InChI=1S/C19H20N6O5/c1-29-16(27)10-3-5-11-9(7-10)4-6-12(11)22-15(26)13-8-14(17(28)30-2)24-19(23-13)25-18(20)21/h3,5,7-8,12H,4,6H2,1-2H3,(H,22,26)(H4,20,21,23,24,25)/t12-/m0/s1. The minimum atomic E-state index is -0.764. The molecular formula is C19H20N6O5. The molecule has 1 aliphatic rings. The average Bonchev–Trinajstić information content (AvgIpc) is 3.13. The zero-order valence-electron chi connectivity index (χ0n) is 16.3. The SMILES string of the molecule is COC(=O)c1ccc2c(c1)CC[C@@H]2NC(=O)c1cc(C(=O)OC)nc(N=C(N)N)n1. The topological polar surface area (TPSA) is 172 Å². The lowest BCUT2D eigenvalue weighted by molar-refractivity contribution is 0.0587. The number of aliphatic imine (C=N–C) groups is 1. The summed E-state index contributed by atoms with van der Waals surface area (Å²) in [5.74, 6) is -2.29. The number of hydrogen-bond acceptors (Lipinski definition) is 8. The summed E-state index contributed by atoms with van der Waals surface area (Å²) in [5.41, 5.74) is 12.7. The molecule has 156 valence electrons. The Kier molecular flexibility index (Phi) is 5.90. The van der Waals surface area contributed by atoms with Crippen molar-refractivity contribution in [2.24, 2.45) is 16.5 Å². The van der Waals surface area contributed by atoms with Crippen LogP contribution in [0, 0.1) is 0 Å². The number of ether oxygens (including phenoxy) is 2. The number of aryl methyl sites for hydroxylation is 1. The highest BCUT2D eigenvalue weighted by atomic mass is 16.5. The molecule has 0 spiro atoms. The highest BCUT2D eigenvalue weighted by Crippen LogP contribution is 2.32. The first kappa shape index (κ1) is 20.7. The van der Waals surface area contributed by atoms with Crippen molar-refractivity contribution in [1.29, 1.82) is 0 Å².